The molecule has 3 amide bonds. The van der Waals surface area contributed by atoms with Crippen molar-refractivity contribution >= 4 is 35.6 Å². The highest BCUT2D eigenvalue weighted by atomic mass is 35.5. The van der Waals surface area contributed by atoms with E-state index in [0.717, 1.165) is 10.5 Å². The van der Waals surface area contributed by atoms with Crippen LogP contribution in [0.4, 0.5) is 4.79 Å². The Balaban J connectivity index is 1.47. The number of benzene rings is 1. The Morgan fingerprint density at radius 3 is 2.57 bits per heavy atom. The lowest BCUT2D eigenvalue weighted by Gasteiger charge is -2.39. The van der Waals surface area contributed by atoms with Gasteiger partial charge in [-0.25, -0.2) is 9.69 Å². The molecule has 1 aromatic carbocycles. The zero-order valence-corrected chi connectivity index (χ0v) is 13.0. The number of nitrogens with zero attached hydrogens (tertiary/aromatic N) is 2. The predicted molar refractivity (Wildman–Crippen MR) is 83.6 cm³/mol. The molecule has 3 rings (SSSR count). The molecular weight excluding hydrogens is 320 g/mol. The number of likely N-dealkylation sites (tertiary alicyclic amines) is 1. The number of amides is 3. The van der Waals surface area contributed by atoms with Crippen molar-refractivity contribution in [2.24, 2.45) is 5.92 Å². The quantitative estimate of drug-likeness (QED) is 0.787. The van der Waals surface area contributed by atoms with E-state index in [9.17, 15) is 14.4 Å². The molecule has 2 saturated heterocycles. The standard InChI is InChI=1S/C16H15ClN2O4/c17-13-4-1-11(2-5-13)3-6-14(20)18-7-12(8-18)9-19-15(21)10-23-16(19)22/h1-6,12H,7-10H2. The normalized spacial score (nSPS) is 18.5. The van der Waals surface area contributed by atoms with E-state index in [-0.39, 0.29) is 24.3 Å². The van der Waals surface area contributed by atoms with Crippen LogP contribution in [-0.4, -0.2) is 53.9 Å². The van der Waals surface area contributed by atoms with E-state index < -0.39 is 6.09 Å². The average Bonchev–Trinajstić information content (AvgIpc) is 2.81. The van der Waals surface area contributed by atoms with Crippen LogP contribution in [0.15, 0.2) is 30.3 Å². The van der Waals surface area contributed by atoms with Crippen molar-refractivity contribution in [3.63, 3.8) is 0 Å². The van der Waals surface area contributed by atoms with E-state index in [2.05, 4.69) is 4.74 Å². The number of ether oxygens (including phenoxy) is 1. The van der Waals surface area contributed by atoms with Gasteiger partial charge in [-0.3, -0.25) is 9.59 Å². The molecule has 6 nitrogen and oxygen atoms in total. The van der Waals surface area contributed by atoms with Crippen molar-refractivity contribution in [3.05, 3.63) is 40.9 Å². The largest absolute Gasteiger partial charge is 0.439 e. The molecule has 0 spiro atoms. The SMILES string of the molecule is O=C(C=Cc1ccc(Cl)cc1)N1CC(CN2C(=O)COC2=O)C1. The Morgan fingerprint density at radius 1 is 1.26 bits per heavy atom. The summed E-state index contributed by atoms with van der Waals surface area (Å²) in [4.78, 5) is 37.6. The third-order valence-electron chi connectivity index (χ3n) is 3.84. The number of hydrogen-bond donors (Lipinski definition) is 0. The summed E-state index contributed by atoms with van der Waals surface area (Å²) in [5, 5.41) is 0.647. The van der Waals surface area contributed by atoms with Crippen LogP contribution < -0.4 is 0 Å². The summed E-state index contributed by atoms with van der Waals surface area (Å²) in [7, 11) is 0. The molecule has 0 aromatic heterocycles. The number of carbonyl (C=O) groups is 3. The zero-order chi connectivity index (χ0) is 16.4. The fraction of sp³-hybridized carbons (Fsp3) is 0.312. The van der Waals surface area contributed by atoms with Gasteiger partial charge >= 0.3 is 6.09 Å². The van der Waals surface area contributed by atoms with Gasteiger partial charge in [0.2, 0.25) is 5.91 Å². The first-order valence-electron chi connectivity index (χ1n) is 7.22. The van der Waals surface area contributed by atoms with Crippen LogP contribution in [0.1, 0.15) is 5.56 Å². The van der Waals surface area contributed by atoms with Crippen LogP contribution in [0, 0.1) is 5.92 Å². The Morgan fingerprint density at radius 2 is 1.96 bits per heavy atom. The smallest absolute Gasteiger partial charge is 0.417 e. The highest BCUT2D eigenvalue weighted by Gasteiger charge is 2.37. The molecular formula is C16H15ClN2O4. The van der Waals surface area contributed by atoms with E-state index >= 15 is 0 Å². The van der Waals surface area contributed by atoms with Crippen LogP contribution in [0.3, 0.4) is 0 Å². The van der Waals surface area contributed by atoms with Crippen LogP contribution in [0.25, 0.3) is 6.08 Å². The second-order valence-electron chi connectivity index (χ2n) is 5.55. The van der Waals surface area contributed by atoms with Crippen molar-refractivity contribution in [2.75, 3.05) is 26.2 Å². The van der Waals surface area contributed by atoms with E-state index in [0.29, 0.717) is 24.7 Å². The first-order valence-corrected chi connectivity index (χ1v) is 7.60. The van der Waals surface area contributed by atoms with Gasteiger partial charge in [-0.2, -0.15) is 0 Å². The Labute approximate surface area is 138 Å². The molecule has 2 fully saturated rings. The number of imide groups is 1. The van der Waals surface area contributed by atoms with Gasteiger partial charge in [0, 0.05) is 36.7 Å². The first-order chi connectivity index (χ1) is 11.0. The summed E-state index contributed by atoms with van der Waals surface area (Å²) in [5.41, 5.74) is 0.894. The molecule has 0 unspecified atom stereocenters. The van der Waals surface area contributed by atoms with Crippen molar-refractivity contribution in [1.29, 1.82) is 0 Å². The van der Waals surface area contributed by atoms with Crippen LogP contribution in [-0.2, 0) is 14.3 Å². The van der Waals surface area contributed by atoms with E-state index in [1.807, 2.05) is 12.1 Å². The van der Waals surface area contributed by atoms with E-state index in [4.69, 9.17) is 11.6 Å². The highest BCUT2D eigenvalue weighted by Crippen LogP contribution is 2.20. The molecule has 23 heavy (non-hydrogen) atoms. The molecule has 0 radical (unpaired) electrons. The zero-order valence-electron chi connectivity index (χ0n) is 12.3. The fourth-order valence-electron chi connectivity index (χ4n) is 2.53. The van der Waals surface area contributed by atoms with E-state index in [1.165, 1.54) is 6.08 Å². The molecule has 120 valence electrons. The number of carbonyl (C=O) groups excluding carboxylic acids is 3. The fourth-order valence-corrected chi connectivity index (χ4v) is 2.65. The maximum absolute atomic E-state index is 12.0. The lowest BCUT2D eigenvalue weighted by atomic mass is 9.99. The topological polar surface area (TPSA) is 66.9 Å². The summed E-state index contributed by atoms with van der Waals surface area (Å²) >= 11 is 5.80. The molecule has 2 aliphatic rings. The average molecular weight is 335 g/mol. The summed E-state index contributed by atoms with van der Waals surface area (Å²) in [6.07, 6.45) is 2.64. The Hall–Kier alpha value is -2.34. The minimum absolute atomic E-state index is 0.0912. The predicted octanol–water partition coefficient (Wildman–Crippen LogP) is 1.79. The Kier molecular flexibility index (Phi) is 4.34. The molecule has 0 aliphatic carbocycles. The number of halogens is 1. The van der Waals surface area contributed by atoms with Gasteiger partial charge in [-0.15, -0.1) is 0 Å². The molecule has 2 heterocycles. The molecule has 1 aromatic rings. The summed E-state index contributed by atoms with van der Waals surface area (Å²) in [6.45, 7) is 1.18. The maximum atomic E-state index is 12.0. The molecule has 0 N–H and O–H groups in total. The third-order valence-corrected chi connectivity index (χ3v) is 4.09. The van der Waals surface area contributed by atoms with Crippen LogP contribution >= 0.6 is 11.6 Å². The summed E-state index contributed by atoms with van der Waals surface area (Å²) < 4.78 is 4.65. The minimum atomic E-state index is -0.595. The third kappa shape index (κ3) is 3.53. The molecule has 0 atom stereocenters. The van der Waals surface area contributed by atoms with Gasteiger partial charge < -0.3 is 9.64 Å². The monoisotopic (exact) mass is 334 g/mol. The molecule has 0 saturated carbocycles. The van der Waals surface area contributed by atoms with Crippen LogP contribution in [0.5, 0.6) is 0 Å². The van der Waals surface area contributed by atoms with Crippen LogP contribution in [0.2, 0.25) is 5.02 Å². The highest BCUT2D eigenvalue weighted by molar-refractivity contribution is 6.30. The Bertz CT molecular complexity index is 649. The van der Waals surface area contributed by atoms with Gasteiger partial charge in [0.05, 0.1) is 0 Å². The van der Waals surface area contributed by atoms with Gasteiger partial charge in [0.25, 0.3) is 5.91 Å². The summed E-state index contributed by atoms with van der Waals surface area (Å²) in [6, 6.07) is 7.18. The second kappa shape index (κ2) is 6.42. The lowest BCUT2D eigenvalue weighted by Crippen LogP contribution is -2.54. The van der Waals surface area contributed by atoms with Gasteiger partial charge in [0.1, 0.15) is 0 Å². The lowest BCUT2D eigenvalue weighted by molar-refractivity contribution is -0.133. The number of hydrogen-bond acceptors (Lipinski definition) is 4. The molecule has 7 heteroatoms. The van der Waals surface area contributed by atoms with Crippen molar-refractivity contribution < 1.29 is 19.1 Å². The van der Waals surface area contributed by atoms with Gasteiger partial charge in [0.15, 0.2) is 6.61 Å². The molecule has 2 aliphatic heterocycles. The first kappa shape index (κ1) is 15.6. The minimum Gasteiger partial charge on any atom is -0.439 e. The number of cyclic esters (lactones) is 1. The maximum Gasteiger partial charge on any atom is 0.417 e. The van der Waals surface area contributed by atoms with Crippen molar-refractivity contribution in [1.82, 2.24) is 9.80 Å². The van der Waals surface area contributed by atoms with Gasteiger partial charge in [-0.1, -0.05) is 23.7 Å². The van der Waals surface area contributed by atoms with Gasteiger partial charge in [-0.05, 0) is 23.8 Å². The molecule has 0 bridgehead atoms. The number of rotatable bonds is 4. The summed E-state index contributed by atoms with van der Waals surface area (Å²) in [5.74, 6) is -0.300. The van der Waals surface area contributed by atoms with E-state index in [1.54, 1.807) is 23.1 Å². The van der Waals surface area contributed by atoms with Crippen molar-refractivity contribution in [3.8, 4) is 0 Å². The van der Waals surface area contributed by atoms with Crippen molar-refractivity contribution in [2.45, 2.75) is 0 Å². The second-order valence-corrected chi connectivity index (χ2v) is 5.99.